The van der Waals surface area contributed by atoms with Gasteiger partial charge in [-0.3, -0.25) is 4.79 Å². The molecule has 82 valence electrons. The van der Waals surface area contributed by atoms with Crippen LogP contribution in [-0.2, 0) is 9.53 Å². The van der Waals surface area contributed by atoms with Gasteiger partial charge in [0.15, 0.2) is 5.78 Å². The molecule has 1 amide bonds. The van der Waals surface area contributed by atoms with Crippen molar-refractivity contribution in [3.63, 3.8) is 0 Å². The molecule has 1 unspecified atom stereocenters. The van der Waals surface area contributed by atoms with Crippen LogP contribution in [0.4, 0.5) is 4.79 Å². The Hall–Kier alpha value is -1.06. The Balaban J connectivity index is 4.17. The summed E-state index contributed by atoms with van der Waals surface area (Å²) >= 11 is 0. The topological polar surface area (TPSA) is 55.4 Å². The molecule has 0 radical (unpaired) electrons. The lowest BCUT2D eigenvalue weighted by Crippen LogP contribution is -2.44. The zero-order valence-corrected chi connectivity index (χ0v) is 9.46. The number of Topliss-reactive ketones (excluding diaryl/α,β-unsaturated/α-hetero) is 1. The first kappa shape index (κ1) is 12.9. The number of nitrogens with one attached hydrogen (secondary N) is 1. The minimum atomic E-state index is -0.533. The normalized spacial score (nSPS) is 12.8. The summed E-state index contributed by atoms with van der Waals surface area (Å²) in [7, 11) is 0. The van der Waals surface area contributed by atoms with E-state index in [2.05, 4.69) is 5.32 Å². The van der Waals surface area contributed by atoms with Gasteiger partial charge in [0, 0.05) is 0 Å². The maximum absolute atomic E-state index is 11.2. The van der Waals surface area contributed by atoms with Gasteiger partial charge in [-0.05, 0) is 26.7 Å². The van der Waals surface area contributed by atoms with E-state index in [9.17, 15) is 9.59 Å². The van der Waals surface area contributed by atoms with Crippen LogP contribution in [0.5, 0.6) is 0 Å². The van der Waals surface area contributed by atoms with E-state index in [0.717, 1.165) is 0 Å². The van der Waals surface area contributed by atoms with Gasteiger partial charge in [0.05, 0.1) is 12.1 Å². The van der Waals surface area contributed by atoms with E-state index >= 15 is 0 Å². The van der Waals surface area contributed by atoms with Crippen molar-refractivity contribution in [3.8, 4) is 0 Å². The minimum absolute atomic E-state index is 0.0549. The fourth-order valence-corrected chi connectivity index (χ4v) is 1.11. The molecule has 4 heteroatoms. The van der Waals surface area contributed by atoms with Crippen LogP contribution in [0, 0.1) is 5.92 Å². The Bertz CT molecular complexity index is 211. The van der Waals surface area contributed by atoms with Gasteiger partial charge in [0.25, 0.3) is 0 Å². The quantitative estimate of drug-likeness (QED) is 0.753. The third kappa shape index (κ3) is 4.84. The molecule has 0 aromatic heterocycles. The van der Waals surface area contributed by atoms with Crippen molar-refractivity contribution < 1.29 is 14.3 Å². The van der Waals surface area contributed by atoms with Crippen LogP contribution < -0.4 is 5.32 Å². The zero-order valence-electron chi connectivity index (χ0n) is 9.46. The molecule has 0 aromatic rings. The summed E-state index contributed by atoms with van der Waals surface area (Å²) in [6.07, 6.45) is -0.705. The highest BCUT2D eigenvalue weighted by atomic mass is 16.6. The van der Waals surface area contributed by atoms with E-state index in [1.54, 1.807) is 13.8 Å². The maximum Gasteiger partial charge on any atom is 0.407 e. The lowest BCUT2D eigenvalue weighted by Gasteiger charge is -2.19. The standard InChI is InChI=1S/C10H19NO3/c1-6(2)9(8(5)12)11-10(13)14-7(3)4/h6-7,9H,1-5H3,(H,11,13). The first-order valence-electron chi connectivity index (χ1n) is 4.82. The Morgan fingerprint density at radius 1 is 1.14 bits per heavy atom. The van der Waals surface area contributed by atoms with Gasteiger partial charge in [0.2, 0.25) is 0 Å². The molecule has 0 aliphatic rings. The van der Waals surface area contributed by atoms with Crippen molar-refractivity contribution in [1.29, 1.82) is 0 Å². The SMILES string of the molecule is CC(=O)C(NC(=O)OC(C)C)C(C)C. The fourth-order valence-electron chi connectivity index (χ4n) is 1.11. The number of ketones is 1. The molecular formula is C10H19NO3. The van der Waals surface area contributed by atoms with Crippen molar-refractivity contribution in [2.45, 2.75) is 46.8 Å². The summed E-state index contributed by atoms with van der Waals surface area (Å²) in [5.74, 6) is 0.0212. The van der Waals surface area contributed by atoms with Crippen molar-refractivity contribution in [1.82, 2.24) is 5.32 Å². The second kappa shape index (κ2) is 5.62. The van der Waals surface area contributed by atoms with Crippen LogP contribution in [0.25, 0.3) is 0 Å². The average Bonchev–Trinajstić information content (AvgIpc) is 1.97. The van der Waals surface area contributed by atoms with Crippen LogP contribution in [0.3, 0.4) is 0 Å². The molecule has 1 N–H and O–H groups in total. The van der Waals surface area contributed by atoms with E-state index in [1.165, 1.54) is 6.92 Å². The second-order valence-corrected chi connectivity index (χ2v) is 3.93. The molecule has 0 heterocycles. The molecule has 0 aliphatic carbocycles. The molecule has 0 saturated heterocycles. The Morgan fingerprint density at radius 3 is 1.93 bits per heavy atom. The zero-order chi connectivity index (χ0) is 11.3. The molecule has 0 bridgehead atoms. The molecular weight excluding hydrogens is 182 g/mol. The van der Waals surface area contributed by atoms with Gasteiger partial charge in [0.1, 0.15) is 0 Å². The van der Waals surface area contributed by atoms with Crippen LogP contribution in [0.1, 0.15) is 34.6 Å². The Morgan fingerprint density at radius 2 is 1.64 bits per heavy atom. The van der Waals surface area contributed by atoms with Crippen molar-refractivity contribution >= 4 is 11.9 Å². The first-order chi connectivity index (χ1) is 6.34. The van der Waals surface area contributed by atoms with Crippen LogP contribution >= 0.6 is 0 Å². The summed E-state index contributed by atoms with van der Waals surface area (Å²) < 4.78 is 4.88. The van der Waals surface area contributed by atoms with Gasteiger partial charge >= 0.3 is 6.09 Å². The van der Waals surface area contributed by atoms with Crippen LogP contribution in [0.2, 0.25) is 0 Å². The fraction of sp³-hybridized carbons (Fsp3) is 0.800. The van der Waals surface area contributed by atoms with E-state index in [-0.39, 0.29) is 17.8 Å². The van der Waals surface area contributed by atoms with Crippen molar-refractivity contribution in [2.75, 3.05) is 0 Å². The van der Waals surface area contributed by atoms with Crippen molar-refractivity contribution in [3.05, 3.63) is 0 Å². The molecule has 0 rings (SSSR count). The molecule has 0 aromatic carbocycles. The lowest BCUT2D eigenvalue weighted by atomic mass is 10.0. The molecule has 0 aliphatic heterocycles. The highest BCUT2D eigenvalue weighted by molar-refractivity contribution is 5.85. The molecule has 1 atom stereocenters. The smallest absolute Gasteiger partial charge is 0.407 e. The van der Waals surface area contributed by atoms with E-state index in [0.29, 0.717) is 0 Å². The highest BCUT2D eigenvalue weighted by Gasteiger charge is 2.21. The summed E-state index contributed by atoms with van der Waals surface area (Å²) in [5.41, 5.74) is 0. The minimum Gasteiger partial charge on any atom is -0.447 e. The Kier molecular flexibility index (Phi) is 5.20. The predicted octanol–water partition coefficient (Wildman–Crippen LogP) is 1.73. The Labute approximate surface area is 85.0 Å². The largest absolute Gasteiger partial charge is 0.447 e. The van der Waals surface area contributed by atoms with Gasteiger partial charge in [-0.15, -0.1) is 0 Å². The molecule has 0 saturated carbocycles. The third-order valence-corrected chi connectivity index (χ3v) is 1.72. The third-order valence-electron chi connectivity index (χ3n) is 1.72. The van der Waals surface area contributed by atoms with Crippen LogP contribution in [0.15, 0.2) is 0 Å². The summed E-state index contributed by atoms with van der Waals surface area (Å²) in [6.45, 7) is 8.74. The van der Waals surface area contributed by atoms with Gasteiger partial charge in [-0.25, -0.2) is 4.79 Å². The van der Waals surface area contributed by atoms with Gasteiger partial charge < -0.3 is 10.1 Å². The summed E-state index contributed by atoms with van der Waals surface area (Å²) in [4.78, 5) is 22.3. The molecule has 4 nitrogen and oxygen atoms in total. The van der Waals surface area contributed by atoms with Crippen molar-refractivity contribution in [2.24, 2.45) is 5.92 Å². The maximum atomic E-state index is 11.2. The molecule has 14 heavy (non-hydrogen) atoms. The number of rotatable bonds is 4. The van der Waals surface area contributed by atoms with Crippen LogP contribution in [-0.4, -0.2) is 24.0 Å². The number of hydrogen-bond donors (Lipinski definition) is 1. The number of amides is 1. The van der Waals surface area contributed by atoms with E-state index in [1.807, 2.05) is 13.8 Å². The molecule has 0 fully saturated rings. The van der Waals surface area contributed by atoms with E-state index < -0.39 is 12.1 Å². The van der Waals surface area contributed by atoms with Gasteiger partial charge in [-0.1, -0.05) is 13.8 Å². The second-order valence-electron chi connectivity index (χ2n) is 3.93. The summed E-state index contributed by atoms with van der Waals surface area (Å²) in [6, 6.07) is -0.457. The van der Waals surface area contributed by atoms with Gasteiger partial charge in [-0.2, -0.15) is 0 Å². The number of alkyl carbamates (subject to hydrolysis) is 1. The first-order valence-corrected chi connectivity index (χ1v) is 4.82. The number of ether oxygens (including phenoxy) is 1. The average molecular weight is 201 g/mol. The highest BCUT2D eigenvalue weighted by Crippen LogP contribution is 2.03. The monoisotopic (exact) mass is 201 g/mol. The molecule has 0 spiro atoms. The number of carbonyl (C=O) groups is 2. The number of hydrogen-bond acceptors (Lipinski definition) is 3. The predicted molar refractivity (Wildman–Crippen MR) is 54.1 cm³/mol. The summed E-state index contributed by atoms with van der Waals surface area (Å²) in [5, 5.41) is 2.54. The number of carbonyl (C=O) groups excluding carboxylic acids is 2. The lowest BCUT2D eigenvalue weighted by molar-refractivity contribution is -0.119. The van der Waals surface area contributed by atoms with E-state index in [4.69, 9.17) is 4.74 Å².